The molecule has 1 saturated heterocycles. The van der Waals surface area contributed by atoms with E-state index in [2.05, 4.69) is 12.1 Å². The lowest BCUT2D eigenvalue weighted by Crippen LogP contribution is -2.49. The summed E-state index contributed by atoms with van der Waals surface area (Å²) in [6.45, 7) is 0. The van der Waals surface area contributed by atoms with Crippen LogP contribution in [0.25, 0.3) is 0 Å². The second-order valence-electron chi connectivity index (χ2n) is 3.96. The largest absolute Gasteiger partial charge is 0.427 e. The molecule has 1 nitrogen and oxygen atoms in total. The molecule has 1 aromatic rings. The molecule has 0 saturated carbocycles. The fraction of sp³-hybridized carbons (Fsp3) is 0.455. The summed E-state index contributed by atoms with van der Waals surface area (Å²) < 4.78 is 0. The first-order valence-electron chi connectivity index (χ1n) is 5.09. The Hall–Kier alpha value is -0.603. The van der Waals surface area contributed by atoms with E-state index in [0.717, 1.165) is 12.1 Å². The second-order valence-corrected chi connectivity index (χ2v) is 7.60. The van der Waals surface area contributed by atoms with E-state index < -0.39 is 8.32 Å². The Kier molecular flexibility index (Phi) is 2.51. The summed E-state index contributed by atoms with van der Waals surface area (Å²) in [5.41, 5.74) is 0. The molecule has 1 aliphatic rings. The number of benzene rings is 1. The van der Waals surface area contributed by atoms with Crippen molar-refractivity contribution in [3.05, 3.63) is 30.3 Å². The van der Waals surface area contributed by atoms with Crippen molar-refractivity contribution in [3.8, 4) is 0 Å². The van der Waals surface area contributed by atoms with Crippen molar-refractivity contribution >= 4 is 13.5 Å². The van der Waals surface area contributed by atoms with Crippen molar-refractivity contribution < 1.29 is 4.80 Å². The molecule has 13 heavy (non-hydrogen) atoms. The molecule has 0 unspecified atom stereocenters. The lowest BCUT2D eigenvalue weighted by molar-refractivity contribution is 0.512. The molecule has 0 bridgehead atoms. The smallest absolute Gasteiger partial charge is 0.220 e. The van der Waals surface area contributed by atoms with E-state index in [1.54, 1.807) is 0 Å². The van der Waals surface area contributed by atoms with Gasteiger partial charge in [0.05, 0.1) is 0 Å². The topological polar surface area (TPSA) is 20.2 Å². The first-order chi connectivity index (χ1) is 6.31. The SMILES string of the molecule is O[Si]1(c2ccccc2)CCCCC1. The van der Waals surface area contributed by atoms with Crippen LogP contribution in [0.2, 0.25) is 12.1 Å². The Balaban J connectivity index is 2.23. The van der Waals surface area contributed by atoms with E-state index >= 15 is 0 Å². The van der Waals surface area contributed by atoms with Gasteiger partial charge in [0.2, 0.25) is 8.32 Å². The van der Waals surface area contributed by atoms with E-state index in [0.29, 0.717) is 0 Å². The van der Waals surface area contributed by atoms with Crippen molar-refractivity contribution in [2.45, 2.75) is 31.4 Å². The van der Waals surface area contributed by atoms with Gasteiger partial charge >= 0.3 is 0 Å². The van der Waals surface area contributed by atoms with Gasteiger partial charge in [-0.3, -0.25) is 0 Å². The van der Waals surface area contributed by atoms with Crippen LogP contribution in [0, 0.1) is 0 Å². The summed E-state index contributed by atoms with van der Waals surface area (Å²) in [5, 5.41) is 1.23. The Bertz CT molecular complexity index is 265. The third kappa shape index (κ3) is 1.84. The fourth-order valence-electron chi connectivity index (χ4n) is 2.17. The molecule has 0 spiro atoms. The normalized spacial score (nSPS) is 21.3. The Morgan fingerprint density at radius 2 is 1.54 bits per heavy atom. The van der Waals surface area contributed by atoms with Gasteiger partial charge in [0.1, 0.15) is 0 Å². The second kappa shape index (κ2) is 3.64. The van der Waals surface area contributed by atoms with Gasteiger partial charge in [0.25, 0.3) is 0 Å². The molecular formula is C11H16OSi. The summed E-state index contributed by atoms with van der Waals surface area (Å²) >= 11 is 0. The highest BCUT2D eigenvalue weighted by atomic mass is 28.4. The lowest BCUT2D eigenvalue weighted by atomic mass is 10.3. The highest BCUT2D eigenvalue weighted by Gasteiger charge is 2.34. The first-order valence-corrected chi connectivity index (χ1v) is 7.45. The van der Waals surface area contributed by atoms with E-state index in [4.69, 9.17) is 0 Å². The van der Waals surface area contributed by atoms with E-state index in [9.17, 15) is 4.80 Å². The van der Waals surface area contributed by atoms with Gasteiger partial charge < -0.3 is 4.80 Å². The molecule has 0 amide bonds. The van der Waals surface area contributed by atoms with Gasteiger partial charge in [-0.05, 0) is 17.3 Å². The highest BCUT2D eigenvalue weighted by molar-refractivity contribution is 6.85. The van der Waals surface area contributed by atoms with Gasteiger partial charge in [-0.2, -0.15) is 0 Å². The minimum absolute atomic E-state index is 1.07. The monoisotopic (exact) mass is 192 g/mol. The standard InChI is InChI=1S/C11H16OSi/c12-13(9-5-2-6-10-13)11-7-3-1-4-8-11/h1,3-4,7-8,12H,2,5-6,9-10H2. The average Bonchev–Trinajstić information content (AvgIpc) is 2.20. The van der Waals surface area contributed by atoms with Gasteiger partial charge in [-0.25, -0.2) is 0 Å². The van der Waals surface area contributed by atoms with Crippen LogP contribution < -0.4 is 5.19 Å². The minimum Gasteiger partial charge on any atom is -0.427 e. The van der Waals surface area contributed by atoms with Crippen molar-refractivity contribution in [2.75, 3.05) is 0 Å². The predicted octanol–water partition coefficient (Wildman–Crippen LogP) is 2.02. The molecule has 0 radical (unpaired) electrons. The minimum atomic E-state index is -2.01. The van der Waals surface area contributed by atoms with Crippen LogP contribution >= 0.6 is 0 Å². The molecule has 1 N–H and O–H groups in total. The van der Waals surface area contributed by atoms with Crippen molar-refractivity contribution in [1.82, 2.24) is 0 Å². The zero-order valence-electron chi connectivity index (χ0n) is 7.87. The van der Waals surface area contributed by atoms with Crippen LogP contribution in [-0.4, -0.2) is 13.1 Å². The number of hydrogen-bond acceptors (Lipinski definition) is 1. The number of rotatable bonds is 1. The van der Waals surface area contributed by atoms with Crippen LogP contribution in [0.3, 0.4) is 0 Å². The van der Waals surface area contributed by atoms with Crippen LogP contribution in [0.1, 0.15) is 19.3 Å². The molecule has 0 atom stereocenters. The van der Waals surface area contributed by atoms with Crippen LogP contribution in [0.4, 0.5) is 0 Å². The molecule has 1 aromatic carbocycles. The molecule has 2 heteroatoms. The van der Waals surface area contributed by atoms with Gasteiger partial charge in [-0.1, -0.05) is 49.6 Å². The molecule has 0 aromatic heterocycles. The summed E-state index contributed by atoms with van der Waals surface area (Å²) in [5.74, 6) is 0. The predicted molar refractivity (Wildman–Crippen MR) is 57.5 cm³/mol. The first kappa shape index (κ1) is 8.97. The van der Waals surface area contributed by atoms with E-state index in [-0.39, 0.29) is 0 Å². The molecule has 1 aliphatic heterocycles. The van der Waals surface area contributed by atoms with Crippen LogP contribution in [0.5, 0.6) is 0 Å². The maximum Gasteiger partial charge on any atom is 0.220 e. The Morgan fingerprint density at radius 3 is 2.15 bits per heavy atom. The third-order valence-electron chi connectivity index (χ3n) is 2.99. The van der Waals surface area contributed by atoms with Crippen LogP contribution in [-0.2, 0) is 0 Å². The molecular weight excluding hydrogens is 176 g/mol. The quantitative estimate of drug-likeness (QED) is 0.675. The summed E-state index contributed by atoms with van der Waals surface area (Å²) in [4.78, 5) is 10.5. The highest BCUT2D eigenvalue weighted by Crippen LogP contribution is 2.25. The zero-order chi connectivity index (χ0) is 9.15. The Morgan fingerprint density at radius 1 is 0.923 bits per heavy atom. The molecule has 2 rings (SSSR count). The van der Waals surface area contributed by atoms with E-state index in [1.165, 1.54) is 24.4 Å². The van der Waals surface area contributed by atoms with Crippen molar-refractivity contribution in [2.24, 2.45) is 0 Å². The lowest BCUT2D eigenvalue weighted by Gasteiger charge is -2.29. The van der Waals surface area contributed by atoms with Gasteiger partial charge in [0, 0.05) is 0 Å². The van der Waals surface area contributed by atoms with Crippen LogP contribution in [0.15, 0.2) is 30.3 Å². The molecule has 1 heterocycles. The fourth-order valence-corrected chi connectivity index (χ4v) is 5.48. The zero-order valence-corrected chi connectivity index (χ0v) is 8.87. The maximum atomic E-state index is 10.5. The van der Waals surface area contributed by atoms with Gasteiger partial charge in [0.15, 0.2) is 0 Å². The molecule has 1 fully saturated rings. The average molecular weight is 192 g/mol. The van der Waals surface area contributed by atoms with Gasteiger partial charge in [-0.15, -0.1) is 0 Å². The maximum absolute atomic E-state index is 10.5. The summed E-state index contributed by atoms with van der Waals surface area (Å²) in [7, 11) is -2.01. The third-order valence-corrected chi connectivity index (χ3v) is 6.76. The summed E-state index contributed by atoms with van der Waals surface area (Å²) in [6.07, 6.45) is 3.75. The Labute approximate surface area is 80.5 Å². The number of hydrogen-bond donors (Lipinski definition) is 1. The van der Waals surface area contributed by atoms with E-state index in [1.807, 2.05) is 18.2 Å². The van der Waals surface area contributed by atoms with Crippen molar-refractivity contribution in [3.63, 3.8) is 0 Å². The van der Waals surface area contributed by atoms with Crippen molar-refractivity contribution in [1.29, 1.82) is 0 Å². The summed E-state index contributed by atoms with van der Waals surface area (Å²) in [6, 6.07) is 12.4. The molecule has 0 aliphatic carbocycles. The molecule has 70 valence electrons.